The topological polar surface area (TPSA) is 101 Å². The van der Waals surface area contributed by atoms with Crippen LogP contribution in [0.1, 0.15) is 33.3 Å². The summed E-state index contributed by atoms with van der Waals surface area (Å²) < 4.78 is 27.4. The molecule has 1 aromatic rings. The molecule has 4 N–H and O–H groups in total. The van der Waals surface area contributed by atoms with E-state index in [0.717, 1.165) is 0 Å². The average molecular weight is 350 g/mol. The fourth-order valence-electron chi connectivity index (χ4n) is 1.75. The smallest absolute Gasteiger partial charge is 0.241 e. The number of benzene rings is 1. The molecule has 0 spiro atoms. The number of carbonyl (C=O) groups is 1. The number of hydrogen-bond donors (Lipinski definition) is 3. The van der Waals surface area contributed by atoms with E-state index in [-0.39, 0.29) is 23.2 Å². The number of carbonyl (C=O) groups excluding carboxylic acids is 1. The predicted molar refractivity (Wildman–Crippen MR) is 90.8 cm³/mol. The van der Waals surface area contributed by atoms with Gasteiger partial charge in [-0.05, 0) is 52.3 Å². The Morgan fingerprint density at radius 3 is 2.27 bits per heavy atom. The average Bonchev–Trinajstić information content (AvgIpc) is 2.28. The minimum absolute atomic E-state index is 0. The van der Waals surface area contributed by atoms with Crippen LogP contribution in [0.15, 0.2) is 23.1 Å². The summed E-state index contributed by atoms with van der Waals surface area (Å²) in [5.74, 6) is -0.364. The van der Waals surface area contributed by atoms with Crippen LogP contribution in [0.2, 0.25) is 0 Å². The summed E-state index contributed by atoms with van der Waals surface area (Å²) in [5, 5.41) is 2.63. The van der Waals surface area contributed by atoms with Gasteiger partial charge in [0.15, 0.2) is 0 Å². The molecule has 0 radical (unpaired) electrons. The van der Waals surface area contributed by atoms with Gasteiger partial charge in [-0.1, -0.05) is 6.07 Å². The highest BCUT2D eigenvalue weighted by Crippen LogP contribution is 2.24. The van der Waals surface area contributed by atoms with Crippen LogP contribution in [0.25, 0.3) is 0 Å². The lowest BCUT2D eigenvalue weighted by atomic mass is 10.1. The van der Waals surface area contributed by atoms with Crippen LogP contribution < -0.4 is 15.8 Å². The molecule has 0 aromatic heterocycles. The molecule has 6 nitrogen and oxygen atoms in total. The van der Waals surface area contributed by atoms with E-state index in [9.17, 15) is 13.2 Å². The van der Waals surface area contributed by atoms with Crippen LogP contribution in [0, 0.1) is 6.92 Å². The largest absolute Gasteiger partial charge is 0.324 e. The normalized spacial score (nSPS) is 13.2. The van der Waals surface area contributed by atoms with Crippen molar-refractivity contribution in [2.24, 2.45) is 5.73 Å². The summed E-state index contributed by atoms with van der Waals surface area (Å²) in [4.78, 5) is 11.8. The highest BCUT2D eigenvalue weighted by molar-refractivity contribution is 7.89. The van der Waals surface area contributed by atoms with E-state index in [1.807, 2.05) is 0 Å². The fourth-order valence-corrected chi connectivity index (χ4v) is 3.43. The van der Waals surface area contributed by atoms with Crippen LogP contribution in [0.4, 0.5) is 5.69 Å². The number of hydrogen-bond acceptors (Lipinski definition) is 4. The summed E-state index contributed by atoms with van der Waals surface area (Å²) >= 11 is 0. The summed E-state index contributed by atoms with van der Waals surface area (Å²) in [7, 11) is -3.66. The molecule has 0 unspecified atom stereocenters. The van der Waals surface area contributed by atoms with Crippen molar-refractivity contribution in [3.05, 3.63) is 23.8 Å². The van der Waals surface area contributed by atoms with Crippen LogP contribution in [-0.2, 0) is 14.8 Å². The fraction of sp³-hybridized carbons (Fsp3) is 0.500. The maximum Gasteiger partial charge on any atom is 0.241 e. The Bertz CT molecular complexity index is 637. The molecular weight excluding hydrogens is 326 g/mol. The van der Waals surface area contributed by atoms with E-state index in [1.54, 1.807) is 46.8 Å². The van der Waals surface area contributed by atoms with Crippen LogP contribution in [0.3, 0.4) is 0 Å². The molecule has 8 heteroatoms. The van der Waals surface area contributed by atoms with Crippen molar-refractivity contribution in [2.75, 3.05) is 5.32 Å². The van der Waals surface area contributed by atoms with Crippen molar-refractivity contribution in [2.45, 2.75) is 51.1 Å². The summed E-state index contributed by atoms with van der Waals surface area (Å²) in [6.07, 6.45) is 0. The first-order chi connectivity index (χ1) is 9.44. The van der Waals surface area contributed by atoms with E-state index in [4.69, 9.17) is 5.73 Å². The van der Waals surface area contributed by atoms with E-state index in [1.165, 1.54) is 6.07 Å². The first-order valence-corrected chi connectivity index (χ1v) is 8.12. The zero-order chi connectivity index (χ0) is 16.4. The molecule has 0 aliphatic rings. The summed E-state index contributed by atoms with van der Waals surface area (Å²) in [6, 6.07) is 4.06. The van der Waals surface area contributed by atoms with Gasteiger partial charge in [0, 0.05) is 11.2 Å². The lowest BCUT2D eigenvalue weighted by molar-refractivity contribution is -0.117. The lowest BCUT2D eigenvalue weighted by Gasteiger charge is -2.22. The number of anilines is 1. The third-order valence-electron chi connectivity index (χ3n) is 2.69. The molecule has 0 saturated heterocycles. The van der Waals surface area contributed by atoms with E-state index >= 15 is 0 Å². The Kier molecular flexibility index (Phi) is 7.02. The molecular formula is C14H24ClN3O3S. The van der Waals surface area contributed by atoms with Gasteiger partial charge in [0.05, 0.1) is 10.9 Å². The molecule has 0 saturated carbocycles. The standard InChI is InChI=1S/C14H23N3O3S.ClH/c1-9-11(16-13(18)10(2)15)7-6-8-12(9)21(19,20)17-14(3,4)5;/h6-8,10,17H,15H2,1-5H3,(H,16,18);1H/t10-;/m0./s1. The van der Waals surface area contributed by atoms with Crippen molar-refractivity contribution in [1.82, 2.24) is 4.72 Å². The molecule has 22 heavy (non-hydrogen) atoms. The number of nitrogens with two attached hydrogens (primary N) is 1. The van der Waals surface area contributed by atoms with Gasteiger partial charge in [-0.25, -0.2) is 13.1 Å². The minimum atomic E-state index is -3.66. The highest BCUT2D eigenvalue weighted by Gasteiger charge is 2.24. The lowest BCUT2D eigenvalue weighted by Crippen LogP contribution is -2.40. The first-order valence-electron chi connectivity index (χ1n) is 6.64. The molecule has 1 rings (SSSR count). The number of rotatable bonds is 4. The Hall–Kier alpha value is -1.15. The van der Waals surface area contributed by atoms with Gasteiger partial charge < -0.3 is 11.1 Å². The van der Waals surface area contributed by atoms with Crippen LogP contribution >= 0.6 is 12.4 Å². The van der Waals surface area contributed by atoms with E-state index in [0.29, 0.717) is 11.3 Å². The Morgan fingerprint density at radius 1 is 1.27 bits per heavy atom. The Morgan fingerprint density at radius 2 is 1.82 bits per heavy atom. The monoisotopic (exact) mass is 349 g/mol. The zero-order valence-corrected chi connectivity index (χ0v) is 15.1. The van der Waals surface area contributed by atoms with Gasteiger partial charge in [-0.3, -0.25) is 4.79 Å². The molecule has 0 bridgehead atoms. The second-order valence-electron chi connectivity index (χ2n) is 6.06. The van der Waals surface area contributed by atoms with Crippen molar-refractivity contribution >= 4 is 34.0 Å². The van der Waals surface area contributed by atoms with Crippen molar-refractivity contribution in [3.8, 4) is 0 Å². The molecule has 1 amide bonds. The van der Waals surface area contributed by atoms with Gasteiger partial charge in [0.25, 0.3) is 0 Å². The number of halogens is 1. The third-order valence-corrected chi connectivity index (χ3v) is 4.59. The van der Waals surface area contributed by atoms with Gasteiger partial charge in [-0.2, -0.15) is 0 Å². The van der Waals surface area contributed by atoms with Crippen molar-refractivity contribution in [1.29, 1.82) is 0 Å². The maximum absolute atomic E-state index is 12.4. The molecule has 0 aliphatic heterocycles. The van der Waals surface area contributed by atoms with Crippen LogP contribution in [0.5, 0.6) is 0 Å². The molecule has 126 valence electrons. The molecule has 1 atom stereocenters. The van der Waals surface area contributed by atoms with Gasteiger partial charge >= 0.3 is 0 Å². The highest BCUT2D eigenvalue weighted by atomic mass is 35.5. The zero-order valence-electron chi connectivity index (χ0n) is 13.4. The van der Waals surface area contributed by atoms with E-state index < -0.39 is 21.6 Å². The quantitative estimate of drug-likeness (QED) is 0.771. The second-order valence-corrected chi connectivity index (χ2v) is 7.71. The van der Waals surface area contributed by atoms with Gasteiger partial charge in [0.1, 0.15) is 0 Å². The molecule has 1 aromatic carbocycles. The maximum atomic E-state index is 12.4. The Balaban J connectivity index is 0.00000441. The molecule has 0 fully saturated rings. The second kappa shape index (κ2) is 7.41. The summed E-state index contributed by atoms with van der Waals surface area (Å²) in [5.41, 5.74) is 5.83. The van der Waals surface area contributed by atoms with Crippen molar-refractivity contribution in [3.63, 3.8) is 0 Å². The minimum Gasteiger partial charge on any atom is -0.324 e. The molecule has 0 heterocycles. The third kappa shape index (κ3) is 5.57. The van der Waals surface area contributed by atoms with Gasteiger partial charge in [0.2, 0.25) is 15.9 Å². The number of sulfonamides is 1. The Labute approximate surface area is 138 Å². The van der Waals surface area contributed by atoms with Crippen molar-refractivity contribution < 1.29 is 13.2 Å². The first kappa shape index (κ1) is 20.9. The number of amides is 1. The van der Waals surface area contributed by atoms with E-state index in [2.05, 4.69) is 10.0 Å². The van der Waals surface area contributed by atoms with Gasteiger partial charge in [-0.15, -0.1) is 12.4 Å². The predicted octanol–water partition coefficient (Wildman–Crippen LogP) is 1.78. The van der Waals surface area contributed by atoms with Crippen LogP contribution in [-0.4, -0.2) is 25.9 Å². The SMILES string of the molecule is Cc1c(NC(=O)[C@H](C)N)cccc1S(=O)(=O)NC(C)(C)C.Cl. The summed E-state index contributed by atoms with van der Waals surface area (Å²) in [6.45, 7) is 8.51. The number of nitrogens with one attached hydrogen (secondary N) is 2. The molecule has 0 aliphatic carbocycles.